The molecule has 27 heavy (non-hydrogen) atoms. The van der Waals surface area contributed by atoms with Crippen LogP contribution < -0.4 is 4.74 Å². The van der Waals surface area contributed by atoms with Crippen molar-refractivity contribution >= 4 is 15.7 Å². The van der Waals surface area contributed by atoms with Gasteiger partial charge in [-0.05, 0) is 49.9 Å². The van der Waals surface area contributed by atoms with Gasteiger partial charge in [-0.1, -0.05) is 32.6 Å². The van der Waals surface area contributed by atoms with Crippen molar-refractivity contribution < 1.29 is 17.9 Å². The summed E-state index contributed by atoms with van der Waals surface area (Å²) in [4.78, 5) is 15.6. The highest BCUT2D eigenvalue weighted by atomic mass is 32.2. The normalized spacial score (nSPS) is 19.9. The predicted molar refractivity (Wildman–Crippen MR) is 106 cm³/mol. The summed E-state index contributed by atoms with van der Waals surface area (Å²) in [6.07, 6.45) is 8.89. The number of benzene rings is 1. The molecule has 1 unspecified atom stereocenters. The molecule has 2 aliphatic rings. The van der Waals surface area contributed by atoms with Crippen molar-refractivity contribution in [3.8, 4) is 5.75 Å². The van der Waals surface area contributed by atoms with Gasteiger partial charge in [0.05, 0.1) is 17.8 Å². The minimum atomic E-state index is -3.51. The van der Waals surface area contributed by atoms with Crippen molar-refractivity contribution in [3.63, 3.8) is 0 Å². The van der Waals surface area contributed by atoms with Crippen LogP contribution in [0, 0.1) is 5.92 Å². The third-order valence-electron chi connectivity index (χ3n) is 6.00. The van der Waals surface area contributed by atoms with Crippen LogP contribution in [0.15, 0.2) is 29.2 Å². The first-order chi connectivity index (χ1) is 12.9. The van der Waals surface area contributed by atoms with Crippen LogP contribution in [0.25, 0.3) is 0 Å². The Balaban J connectivity index is 1.73. The van der Waals surface area contributed by atoms with Gasteiger partial charge in [0.1, 0.15) is 5.75 Å². The van der Waals surface area contributed by atoms with Crippen LogP contribution >= 0.6 is 0 Å². The molecule has 2 fully saturated rings. The number of sulfone groups is 1. The van der Waals surface area contributed by atoms with Gasteiger partial charge in [-0.15, -0.1) is 0 Å². The van der Waals surface area contributed by atoms with Crippen molar-refractivity contribution in [1.82, 2.24) is 4.90 Å². The van der Waals surface area contributed by atoms with E-state index in [1.54, 1.807) is 38.3 Å². The minimum absolute atomic E-state index is 0.0193. The topological polar surface area (TPSA) is 63.7 Å². The van der Waals surface area contributed by atoms with E-state index in [1.165, 1.54) is 25.7 Å². The Labute approximate surface area is 163 Å². The number of nitrogens with zero attached hydrogens (tertiary/aromatic N) is 1. The first kappa shape index (κ1) is 20.2. The smallest absolute Gasteiger partial charge is 0.226 e. The largest absolute Gasteiger partial charge is 0.497 e. The van der Waals surface area contributed by atoms with E-state index >= 15 is 0 Å². The molecule has 0 spiro atoms. The van der Waals surface area contributed by atoms with E-state index in [4.69, 9.17) is 4.74 Å². The van der Waals surface area contributed by atoms with Crippen LogP contribution in [0.3, 0.4) is 0 Å². The van der Waals surface area contributed by atoms with E-state index in [-0.39, 0.29) is 16.6 Å². The first-order valence-corrected chi connectivity index (χ1v) is 11.8. The van der Waals surface area contributed by atoms with Gasteiger partial charge in [-0.25, -0.2) is 8.42 Å². The van der Waals surface area contributed by atoms with E-state index in [0.29, 0.717) is 17.8 Å². The molecule has 1 amide bonds. The molecule has 0 saturated heterocycles. The van der Waals surface area contributed by atoms with E-state index in [9.17, 15) is 13.2 Å². The van der Waals surface area contributed by atoms with Gasteiger partial charge in [0.2, 0.25) is 5.91 Å². The van der Waals surface area contributed by atoms with Gasteiger partial charge in [-0.3, -0.25) is 4.79 Å². The fourth-order valence-electron chi connectivity index (χ4n) is 4.56. The molecule has 0 heterocycles. The number of hydrogen-bond donors (Lipinski definition) is 0. The summed E-state index contributed by atoms with van der Waals surface area (Å²) < 4.78 is 30.7. The zero-order valence-corrected chi connectivity index (χ0v) is 17.2. The lowest BCUT2D eigenvalue weighted by atomic mass is 10.0. The molecule has 0 N–H and O–H groups in total. The Kier molecular flexibility index (Phi) is 6.45. The summed E-state index contributed by atoms with van der Waals surface area (Å²) >= 11 is 0. The Bertz CT molecular complexity index is 716. The number of ether oxygens (including phenoxy) is 1. The number of rotatable bonds is 7. The lowest BCUT2D eigenvalue weighted by Gasteiger charge is -2.36. The number of carbonyl (C=O) groups is 1. The molecule has 1 aromatic rings. The minimum Gasteiger partial charge on any atom is -0.497 e. The maximum atomic E-state index is 13.3. The fourth-order valence-corrected chi connectivity index (χ4v) is 6.10. The molecular weight excluding hydrogens is 362 g/mol. The average Bonchev–Trinajstić information content (AvgIpc) is 3.36. The van der Waals surface area contributed by atoms with E-state index in [0.717, 1.165) is 25.7 Å². The summed E-state index contributed by atoms with van der Waals surface area (Å²) in [7, 11) is -1.97. The van der Waals surface area contributed by atoms with Gasteiger partial charge >= 0.3 is 0 Å². The fraction of sp³-hybridized carbons (Fsp3) is 0.667. The van der Waals surface area contributed by atoms with Crippen molar-refractivity contribution in [3.05, 3.63) is 24.3 Å². The Morgan fingerprint density at radius 1 is 1.04 bits per heavy atom. The number of amides is 1. The van der Waals surface area contributed by atoms with Gasteiger partial charge < -0.3 is 9.64 Å². The Hall–Kier alpha value is -1.56. The van der Waals surface area contributed by atoms with Crippen LogP contribution in [0.1, 0.15) is 58.3 Å². The van der Waals surface area contributed by atoms with Crippen molar-refractivity contribution in [2.24, 2.45) is 5.92 Å². The summed E-state index contributed by atoms with van der Waals surface area (Å²) in [5.41, 5.74) is 0. The molecule has 2 saturated carbocycles. The highest BCUT2D eigenvalue weighted by Crippen LogP contribution is 2.33. The zero-order valence-electron chi connectivity index (χ0n) is 16.4. The number of carbonyl (C=O) groups excluding carboxylic acids is 1. The quantitative estimate of drug-likeness (QED) is 0.706. The zero-order chi connectivity index (χ0) is 19.4. The van der Waals surface area contributed by atoms with E-state index in [2.05, 4.69) is 4.90 Å². The van der Waals surface area contributed by atoms with Crippen LogP contribution in [0.4, 0.5) is 0 Å². The SMILES string of the molecule is COc1ccc(S(=O)(=O)CC(C)C(=O)N(C2CCCC2)C2CCCC2)cc1. The third-order valence-corrected chi connectivity index (χ3v) is 7.93. The van der Waals surface area contributed by atoms with Crippen LogP contribution in [0.5, 0.6) is 5.75 Å². The Morgan fingerprint density at radius 2 is 1.52 bits per heavy atom. The predicted octanol–water partition coefficient (Wildman–Crippen LogP) is 3.82. The second-order valence-electron chi connectivity index (χ2n) is 7.98. The molecule has 0 aliphatic heterocycles. The highest BCUT2D eigenvalue weighted by molar-refractivity contribution is 7.91. The summed E-state index contributed by atoms with van der Waals surface area (Å²) in [6, 6.07) is 6.98. The lowest BCUT2D eigenvalue weighted by Crippen LogP contribution is -2.48. The number of hydrogen-bond acceptors (Lipinski definition) is 4. The van der Waals surface area contributed by atoms with Crippen LogP contribution in [-0.4, -0.2) is 44.2 Å². The maximum Gasteiger partial charge on any atom is 0.226 e. The van der Waals surface area contributed by atoms with Crippen LogP contribution in [0.2, 0.25) is 0 Å². The van der Waals surface area contributed by atoms with Crippen LogP contribution in [-0.2, 0) is 14.6 Å². The van der Waals surface area contributed by atoms with Gasteiger partial charge in [0.15, 0.2) is 9.84 Å². The lowest BCUT2D eigenvalue weighted by molar-refractivity contribution is -0.139. The molecule has 0 aromatic heterocycles. The molecule has 150 valence electrons. The molecule has 0 radical (unpaired) electrons. The molecule has 1 atom stereocenters. The molecule has 5 nitrogen and oxygen atoms in total. The van der Waals surface area contributed by atoms with Crippen molar-refractivity contribution in [2.75, 3.05) is 12.9 Å². The molecule has 3 rings (SSSR count). The van der Waals surface area contributed by atoms with Gasteiger partial charge in [0.25, 0.3) is 0 Å². The molecule has 0 bridgehead atoms. The second-order valence-corrected chi connectivity index (χ2v) is 10.0. The summed E-state index contributed by atoms with van der Waals surface area (Å²) in [6.45, 7) is 1.76. The second kappa shape index (κ2) is 8.63. The molecule has 1 aromatic carbocycles. The highest BCUT2D eigenvalue weighted by Gasteiger charge is 2.37. The number of methoxy groups -OCH3 is 1. The molecule has 2 aliphatic carbocycles. The van der Waals surface area contributed by atoms with E-state index < -0.39 is 15.8 Å². The van der Waals surface area contributed by atoms with Crippen molar-refractivity contribution in [1.29, 1.82) is 0 Å². The molecular formula is C21H31NO4S. The van der Waals surface area contributed by atoms with Gasteiger partial charge in [-0.2, -0.15) is 0 Å². The Morgan fingerprint density at radius 3 is 1.96 bits per heavy atom. The molecule has 6 heteroatoms. The van der Waals surface area contributed by atoms with Crippen molar-refractivity contribution in [2.45, 2.75) is 75.3 Å². The monoisotopic (exact) mass is 393 g/mol. The standard InChI is InChI=1S/C21H31NO4S/c1-16(15-27(24,25)20-13-11-19(26-2)12-14-20)21(23)22(17-7-3-4-8-17)18-9-5-6-10-18/h11-14,16-18H,3-10,15H2,1-2H3. The van der Waals surface area contributed by atoms with E-state index in [1.807, 2.05) is 0 Å². The average molecular weight is 394 g/mol. The van der Waals surface area contributed by atoms with Gasteiger partial charge in [0, 0.05) is 18.0 Å². The first-order valence-electron chi connectivity index (χ1n) is 10.1. The maximum absolute atomic E-state index is 13.3. The summed E-state index contributed by atoms with van der Waals surface area (Å²) in [5.74, 6) is -0.0374. The third kappa shape index (κ3) is 4.65. The summed E-state index contributed by atoms with van der Waals surface area (Å²) in [5, 5.41) is 0.